The highest BCUT2D eigenvalue weighted by Gasteiger charge is 2.69. The minimum absolute atomic E-state index is 0.00877. The molecule has 4 atom stereocenters. The summed E-state index contributed by atoms with van der Waals surface area (Å²) in [5, 5.41) is 7.52. The molecular weight excluding hydrogens is 326 g/mol. The van der Waals surface area contributed by atoms with E-state index in [1.165, 1.54) is 0 Å². The maximum atomic E-state index is 13.4. The van der Waals surface area contributed by atoms with Gasteiger partial charge in [0.05, 0.1) is 11.6 Å². The molecule has 132 valence electrons. The van der Waals surface area contributed by atoms with E-state index < -0.39 is 5.60 Å². The highest BCUT2D eigenvalue weighted by atomic mass is 16.7. The zero-order valence-electron chi connectivity index (χ0n) is 14.7. The van der Waals surface area contributed by atoms with Gasteiger partial charge in [0.15, 0.2) is 0 Å². The van der Waals surface area contributed by atoms with Crippen LogP contribution in [0.5, 0.6) is 0 Å². The molecule has 5 nitrogen and oxygen atoms in total. The van der Waals surface area contributed by atoms with Crippen LogP contribution in [0.15, 0.2) is 53.9 Å². The van der Waals surface area contributed by atoms with Crippen LogP contribution < -0.4 is 5.32 Å². The lowest BCUT2D eigenvalue weighted by atomic mass is 9.71. The molecule has 3 aliphatic rings. The summed E-state index contributed by atoms with van der Waals surface area (Å²) in [7, 11) is 0. The Hall–Kier alpha value is -2.69. The number of benzene rings is 1. The van der Waals surface area contributed by atoms with Gasteiger partial charge in [0, 0.05) is 29.6 Å². The number of hydrogen-bond donors (Lipinski definition) is 1. The van der Waals surface area contributed by atoms with Crippen LogP contribution in [0.2, 0.25) is 0 Å². The summed E-state index contributed by atoms with van der Waals surface area (Å²) in [5.41, 5.74) is 2.84. The molecule has 1 aliphatic heterocycles. The van der Waals surface area contributed by atoms with Gasteiger partial charge in [0.25, 0.3) is 5.91 Å². The lowest BCUT2D eigenvalue weighted by Gasteiger charge is -2.35. The number of aryl methyl sites for hydroxylation is 1. The number of hydrogen-bond acceptors (Lipinski definition) is 4. The average Bonchev–Trinajstić information content (AvgIpc) is 3.36. The lowest BCUT2D eigenvalue weighted by molar-refractivity contribution is -0.149. The second-order valence-electron chi connectivity index (χ2n) is 7.62. The zero-order valence-corrected chi connectivity index (χ0v) is 14.7. The molecule has 2 aliphatic carbocycles. The normalized spacial score (nSPS) is 31.3. The highest BCUT2D eigenvalue weighted by molar-refractivity contribution is 6.10. The van der Waals surface area contributed by atoms with Gasteiger partial charge in [0.1, 0.15) is 0 Å². The molecule has 2 aromatic rings. The van der Waals surface area contributed by atoms with Crippen LogP contribution in [0.25, 0.3) is 0 Å². The van der Waals surface area contributed by atoms with Crippen LogP contribution >= 0.6 is 0 Å². The van der Waals surface area contributed by atoms with Gasteiger partial charge in [-0.3, -0.25) is 9.78 Å². The number of amides is 1. The monoisotopic (exact) mass is 347 g/mol. The van der Waals surface area contributed by atoms with Crippen molar-refractivity contribution in [1.82, 2.24) is 4.98 Å². The quantitative estimate of drug-likeness (QED) is 0.923. The highest BCUT2D eigenvalue weighted by Crippen LogP contribution is 2.60. The third kappa shape index (κ3) is 2.06. The topological polar surface area (TPSA) is 63.6 Å². The van der Waals surface area contributed by atoms with Gasteiger partial charge >= 0.3 is 0 Å². The van der Waals surface area contributed by atoms with Crippen LogP contribution in [-0.2, 0) is 9.63 Å². The Labute approximate surface area is 152 Å². The minimum Gasteiger partial charge on any atom is -0.378 e. The first kappa shape index (κ1) is 15.6. The Kier molecular flexibility index (Phi) is 3.39. The first-order chi connectivity index (χ1) is 12.7. The van der Waals surface area contributed by atoms with Crippen LogP contribution in [0.3, 0.4) is 0 Å². The van der Waals surface area contributed by atoms with Gasteiger partial charge in [-0.15, -0.1) is 0 Å². The third-order valence-corrected chi connectivity index (χ3v) is 6.31. The first-order valence-corrected chi connectivity index (χ1v) is 9.23. The Morgan fingerprint density at radius 3 is 2.92 bits per heavy atom. The number of fused-ring (bicyclic) bond motifs is 5. The number of pyridine rings is 1. The number of carbonyl (C=O) groups is 1. The fourth-order valence-electron chi connectivity index (χ4n) is 5.10. The predicted octanol–water partition coefficient (Wildman–Crippen LogP) is 3.55. The van der Waals surface area contributed by atoms with Gasteiger partial charge in [-0.25, -0.2) is 0 Å². The van der Waals surface area contributed by atoms with Crippen molar-refractivity contribution in [1.29, 1.82) is 0 Å². The van der Waals surface area contributed by atoms with E-state index in [4.69, 9.17) is 4.84 Å². The zero-order chi connectivity index (χ0) is 17.7. The average molecular weight is 347 g/mol. The van der Waals surface area contributed by atoms with Crippen molar-refractivity contribution in [2.45, 2.75) is 31.8 Å². The van der Waals surface area contributed by atoms with E-state index in [1.807, 2.05) is 49.5 Å². The Balaban J connectivity index is 1.51. The number of oxime groups is 1. The molecule has 2 saturated carbocycles. The van der Waals surface area contributed by atoms with E-state index in [2.05, 4.69) is 15.5 Å². The van der Waals surface area contributed by atoms with E-state index in [9.17, 15) is 4.79 Å². The molecule has 1 aromatic carbocycles. The van der Waals surface area contributed by atoms with Crippen molar-refractivity contribution in [2.24, 2.45) is 22.9 Å². The maximum absolute atomic E-state index is 13.4. The number of carbonyl (C=O) groups excluding carboxylic acids is 1. The summed E-state index contributed by atoms with van der Waals surface area (Å²) in [5.74, 6) is 0.615. The van der Waals surface area contributed by atoms with Crippen LogP contribution in [0, 0.1) is 24.7 Å². The molecule has 2 bridgehead atoms. The maximum Gasteiger partial charge on any atom is 0.272 e. The Bertz CT molecular complexity index is 895. The number of aromatic nitrogens is 1. The Morgan fingerprint density at radius 1 is 1.23 bits per heavy atom. The molecule has 1 aromatic heterocycles. The summed E-state index contributed by atoms with van der Waals surface area (Å²) >= 11 is 0. The Morgan fingerprint density at radius 2 is 2.12 bits per heavy atom. The minimum atomic E-state index is -0.879. The van der Waals surface area contributed by atoms with E-state index >= 15 is 0 Å². The van der Waals surface area contributed by atoms with Crippen molar-refractivity contribution in [3.8, 4) is 0 Å². The molecule has 1 amide bonds. The molecule has 2 fully saturated rings. The van der Waals surface area contributed by atoms with Crippen molar-refractivity contribution in [3.63, 3.8) is 0 Å². The molecule has 2 heterocycles. The second-order valence-corrected chi connectivity index (χ2v) is 7.62. The number of nitrogens with one attached hydrogen (secondary N) is 1. The number of nitrogens with zero attached hydrogens (tertiary/aromatic N) is 2. The molecule has 0 radical (unpaired) electrons. The van der Waals surface area contributed by atoms with E-state index in [0.29, 0.717) is 5.92 Å². The van der Waals surface area contributed by atoms with Gasteiger partial charge < -0.3 is 10.2 Å². The molecule has 5 rings (SSSR count). The van der Waals surface area contributed by atoms with Crippen LogP contribution in [0.1, 0.15) is 30.4 Å². The predicted molar refractivity (Wildman–Crippen MR) is 98.7 cm³/mol. The molecular formula is C21H21N3O2. The molecule has 0 spiro atoms. The standard InChI is InChI=1S/C21H21N3O2/c1-13-5-2-3-7-17(13)23-20(25)21-16-9-8-14(11-16)18(21)19(24-26-21)15-6-4-10-22-12-15/h2-7,10,12,14,16,18H,8-9,11H2,1H3,(H,23,25)/t14-,16+,18-,21-/m1/s1. The van der Waals surface area contributed by atoms with Crippen LogP contribution in [0.4, 0.5) is 5.69 Å². The number of anilines is 1. The molecule has 0 saturated heterocycles. The lowest BCUT2D eigenvalue weighted by Crippen LogP contribution is -2.53. The number of para-hydroxylation sites is 1. The SMILES string of the molecule is Cc1ccccc1NC(=O)[C@]12ON=C(c3cccnc3)[C@H]1[C@@H]1CC[C@H]2C1. The van der Waals surface area contributed by atoms with Crippen molar-refractivity contribution >= 4 is 17.3 Å². The first-order valence-electron chi connectivity index (χ1n) is 9.23. The van der Waals surface area contributed by atoms with Gasteiger partial charge in [-0.2, -0.15) is 0 Å². The largest absolute Gasteiger partial charge is 0.378 e. The smallest absolute Gasteiger partial charge is 0.272 e. The van der Waals surface area contributed by atoms with E-state index in [0.717, 1.165) is 41.8 Å². The number of rotatable bonds is 3. The summed E-state index contributed by atoms with van der Waals surface area (Å²) in [6.45, 7) is 2.00. The van der Waals surface area contributed by atoms with Crippen LogP contribution in [-0.4, -0.2) is 22.2 Å². The fraction of sp³-hybridized carbons (Fsp3) is 0.381. The third-order valence-electron chi connectivity index (χ3n) is 6.31. The van der Waals surface area contributed by atoms with Crippen molar-refractivity contribution in [2.75, 3.05) is 5.32 Å². The van der Waals surface area contributed by atoms with E-state index in [1.54, 1.807) is 6.20 Å². The molecule has 5 heteroatoms. The molecule has 1 N–H and O–H groups in total. The summed E-state index contributed by atoms with van der Waals surface area (Å²) < 4.78 is 0. The molecule has 0 unspecified atom stereocenters. The van der Waals surface area contributed by atoms with Gasteiger partial charge in [0.2, 0.25) is 5.60 Å². The second kappa shape index (κ2) is 5.66. The van der Waals surface area contributed by atoms with Crippen molar-refractivity contribution in [3.05, 3.63) is 59.9 Å². The van der Waals surface area contributed by atoms with Gasteiger partial charge in [-0.05, 0) is 55.9 Å². The van der Waals surface area contributed by atoms with Gasteiger partial charge in [-0.1, -0.05) is 23.4 Å². The summed E-state index contributed by atoms with van der Waals surface area (Å²) in [6.07, 6.45) is 6.75. The molecule has 26 heavy (non-hydrogen) atoms. The van der Waals surface area contributed by atoms with E-state index in [-0.39, 0.29) is 17.7 Å². The summed E-state index contributed by atoms with van der Waals surface area (Å²) in [6, 6.07) is 11.7. The van der Waals surface area contributed by atoms with Crippen molar-refractivity contribution < 1.29 is 9.63 Å². The summed E-state index contributed by atoms with van der Waals surface area (Å²) in [4.78, 5) is 23.6. The fourth-order valence-corrected chi connectivity index (χ4v) is 5.10.